The van der Waals surface area contributed by atoms with Gasteiger partial charge >= 0.3 is 0 Å². The third kappa shape index (κ3) is 2.70. The van der Waals surface area contributed by atoms with Gasteiger partial charge in [-0.1, -0.05) is 127 Å². The lowest BCUT2D eigenvalue weighted by Gasteiger charge is -2.17. The number of rotatable bonds is 1. The first-order valence-corrected chi connectivity index (χ1v) is 12.5. The molecule has 0 bridgehead atoms. The third-order valence-corrected chi connectivity index (χ3v) is 7.78. The SMILES string of the molecule is c1ccc(-c2cc3ccc4ccc5ccccc5c4c3c3c2ccc2ccc4ccccc4c23)cc1. The number of benzene rings is 8. The van der Waals surface area contributed by atoms with Crippen molar-refractivity contribution in [2.75, 3.05) is 0 Å². The average Bonchev–Trinajstić information content (AvgIpc) is 2.96. The minimum absolute atomic E-state index is 1.25. The molecule has 0 spiro atoms. The summed E-state index contributed by atoms with van der Waals surface area (Å²) in [5.41, 5.74) is 2.54. The van der Waals surface area contributed by atoms with Crippen molar-refractivity contribution in [3.8, 4) is 11.1 Å². The van der Waals surface area contributed by atoms with E-state index in [1.807, 2.05) is 0 Å². The van der Waals surface area contributed by atoms with Crippen LogP contribution in [-0.2, 0) is 0 Å². The highest BCUT2D eigenvalue weighted by Crippen LogP contribution is 2.44. The Hall–Kier alpha value is -4.68. The molecule has 0 fully saturated rings. The summed E-state index contributed by atoms with van der Waals surface area (Å²) in [5.74, 6) is 0. The molecule has 0 saturated carbocycles. The van der Waals surface area contributed by atoms with Gasteiger partial charge in [0.25, 0.3) is 0 Å². The highest BCUT2D eigenvalue weighted by atomic mass is 14.2. The Bertz CT molecular complexity index is 2130. The van der Waals surface area contributed by atoms with Gasteiger partial charge in [0.15, 0.2) is 0 Å². The van der Waals surface area contributed by atoms with E-state index in [0.29, 0.717) is 0 Å². The van der Waals surface area contributed by atoms with Crippen molar-refractivity contribution in [1.82, 2.24) is 0 Å². The summed E-state index contributed by atoms with van der Waals surface area (Å²) in [5, 5.41) is 15.7. The van der Waals surface area contributed by atoms with E-state index in [2.05, 4.69) is 133 Å². The molecule has 0 atom stereocenters. The monoisotopic (exact) mass is 454 g/mol. The molecule has 0 radical (unpaired) electrons. The lowest BCUT2D eigenvalue weighted by atomic mass is 9.86. The first kappa shape index (κ1) is 19.6. The van der Waals surface area contributed by atoms with Gasteiger partial charge in [0.2, 0.25) is 0 Å². The minimum atomic E-state index is 1.25. The Kier molecular flexibility index (Phi) is 4.03. The lowest BCUT2D eigenvalue weighted by molar-refractivity contribution is 1.67. The fourth-order valence-electron chi connectivity index (χ4n) is 6.17. The summed E-state index contributed by atoms with van der Waals surface area (Å²) in [4.78, 5) is 0. The summed E-state index contributed by atoms with van der Waals surface area (Å²) in [7, 11) is 0. The highest BCUT2D eigenvalue weighted by Gasteiger charge is 2.16. The molecule has 0 nitrogen and oxygen atoms in total. The highest BCUT2D eigenvalue weighted by molar-refractivity contribution is 6.36. The molecule has 0 N–H and O–H groups in total. The molecule has 0 heteroatoms. The molecule has 0 aliphatic rings. The van der Waals surface area contributed by atoms with Gasteiger partial charge in [-0.25, -0.2) is 0 Å². The van der Waals surface area contributed by atoms with Crippen LogP contribution in [0.5, 0.6) is 0 Å². The van der Waals surface area contributed by atoms with Crippen molar-refractivity contribution in [3.63, 3.8) is 0 Å². The lowest BCUT2D eigenvalue weighted by Crippen LogP contribution is -1.89. The van der Waals surface area contributed by atoms with Gasteiger partial charge in [0.1, 0.15) is 0 Å². The van der Waals surface area contributed by atoms with Crippen LogP contribution in [0, 0.1) is 0 Å². The molecule has 0 heterocycles. The molecule has 8 aromatic rings. The topological polar surface area (TPSA) is 0 Å². The van der Waals surface area contributed by atoms with Crippen LogP contribution in [0.4, 0.5) is 0 Å². The quantitative estimate of drug-likeness (QED) is 0.216. The molecular weight excluding hydrogens is 432 g/mol. The summed E-state index contributed by atoms with van der Waals surface area (Å²) in [6, 6.07) is 49.1. The van der Waals surface area contributed by atoms with Crippen LogP contribution in [0.3, 0.4) is 0 Å². The maximum Gasteiger partial charge on any atom is -0.000786 e. The molecule has 166 valence electrons. The van der Waals surface area contributed by atoms with Crippen LogP contribution in [0.15, 0.2) is 133 Å². The van der Waals surface area contributed by atoms with Crippen LogP contribution in [0.25, 0.3) is 75.8 Å². The van der Waals surface area contributed by atoms with Crippen molar-refractivity contribution >= 4 is 64.6 Å². The largest absolute Gasteiger partial charge is 0.0622 e. The second-order valence-corrected chi connectivity index (χ2v) is 9.71. The maximum absolute atomic E-state index is 2.39. The fourth-order valence-corrected chi connectivity index (χ4v) is 6.17. The Morgan fingerprint density at radius 1 is 0.278 bits per heavy atom. The zero-order valence-electron chi connectivity index (χ0n) is 19.7. The van der Waals surface area contributed by atoms with E-state index in [1.165, 1.54) is 75.8 Å². The molecule has 0 amide bonds. The second kappa shape index (κ2) is 7.41. The molecule has 36 heavy (non-hydrogen) atoms. The predicted molar refractivity (Wildman–Crippen MR) is 157 cm³/mol. The van der Waals surface area contributed by atoms with Crippen LogP contribution >= 0.6 is 0 Å². The van der Waals surface area contributed by atoms with Gasteiger partial charge in [-0.3, -0.25) is 0 Å². The molecule has 0 saturated heterocycles. The van der Waals surface area contributed by atoms with Crippen LogP contribution in [0.2, 0.25) is 0 Å². The second-order valence-electron chi connectivity index (χ2n) is 9.71. The third-order valence-electron chi connectivity index (χ3n) is 7.78. The van der Waals surface area contributed by atoms with E-state index in [4.69, 9.17) is 0 Å². The molecule has 0 aliphatic carbocycles. The van der Waals surface area contributed by atoms with E-state index < -0.39 is 0 Å². The van der Waals surface area contributed by atoms with Crippen molar-refractivity contribution in [2.45, 2.75) is 0 Å². The van der Waals surface area contributed by atoms with Gasteiger partial charge in [-0.05, 0) is 81.8 Å². The molecule has 0 aromatic heterocycles. The first-order valence-electron chi connectivity index (χ1n) is 12.5. The Morgan fingerprint density at radius 3 is 1.44 bits per heavy atom. The number of hydrogen-bond acceptors (Lipinski definition) is 0. The fraction of sp³-hybridized carbons (Fsp3) is 0. The molecule has 0 aliphatic heterocycles. The molecule has 8 rings (SSSR count). The number of hydrogen-bond donors (Lipinski definition) is 0. The Labute approximate surface area is 209 Å². The van der Waals surface area contributed by atoms with Crippen LogP contribution in [-0.4, -0.2) is 0 Å². The molecular formula is C36H22. The van der Waals surface area contributed by atoms with Crippen molar-refractivity contribution in [3.05, 3.63) is 133 Å². The van der Waals surface area contributed by atoms with Crippen molar-refractivity contribution in [2.24, 2.45) is 0 Å². The first-order chi connectivity index (χ1) is 17.9. The van der Waals surface area contributed by atoms with E-state index in [1.54, 1.807) is 0 Å². The van der Waals surface area contributed by atoms with E-state index in [9.17, 15) is 0 Å². The summed E-state index contributed by atoms with van der Waals surface area (Å²) < 4.78 is 0. The molecule has 8 aromatic carbocycles. The van der Waals surface area contributed by atoms with E-state index in [0.717, 1.165) is 0 Å². The Morgan fingerprint density at radius 2 is 0.778 bits per heavy atom. The average molecular weight is 455 g/mol. The van der Waals surface area contributed by atoms with E-state index in [-0.39, 0.29) is 0 Å². The zero-order chi connectivity index (χ0) is 23.6. The van der Waals surface area contributed by atoms with E-state index >= 15 is 0 Å². The van der Waals surface area contributed by atoms with Gasteiger partial charge < -0.3 is 0 Å². The maximum atomic E-state index is 2.39. The summed E-state index contributed by atoms with van der Waals surface area (Å²) >= 11 is 0. The smallest absolute Gasteiger partial charge is 0.000786 e. The summed E-state index contributed by atoms with van der Waals surface area (Å²) in [6.07, 6.45) is 0. The van der Waals surface area contributed by atoms with Crippen LogP contribution < -0.4 is 0 Å². The zero-order valence-corrected chi connectivity index (χ0v) is 19.7. The normalized spacial score (nSPS) is 11.9. The standard InChI is InChI=1S/C36H22/c1-2-8-23(9-3-1)32-22-28-19-18-26-16-14-24-10-4-6-12-29(24)33(26)35(28)36-31(32)21-20-27-17-15-25-11-5-7-13-30(25)34(27)36/h1-22H. The predicted octanol–water partition coefficient (Wildman–Crippen LogP) is 10.3. The summed E-state index contributed by atoms with van der Waals surface area (Å²) in [6.45, 7) is 0. The van der Waals surface area contributed by atoms with Gasteiger partial charge in [-0.2, -0.15) is 0 Å². The van der Waals surface area contributed by atoms with Gasteiger partial charge in [-0.15, -0.1) is 0 Å². The van der Waals surface area contributed by atoms with Crippen molar-refractivity contribution in [1.29, 1.82) is 0 Å². The Balaban J connectivity index is 1.75. The number of fused-ring (bicyclic) bond motifs is 11. The van der Waals surface area contributed by atoms with Gasteiger partial charge in [0, 0.05) is 0 Å². The van der Waals surface area contributed by atoms with Crippen molar-refractivity contribution < 1.29 is 0 Å². The minimum Gasteiger partial charge on any atom is -0.0622 e. The molecule has 0 unspecified atom stereocenters. The van der Waals surface area contributed by atoms with Gasteiger partial charge in [0.05, 0.1) is 0 Å². The van der Waals surface area contributed by atoms with Crippen LogP contribution in [0.1, 0.15) is 0 Å².